The zero-order chi connectivity index (χ0) is 9.84. The van der Waals surface area contributed by atoms with Crippen molar-refractivity contribution in [3.05, 3.63) is 33.3 Å². The van der Waals surface area contributed by atoms with Crippen LogP contribution in [0.5, 0.6) is 0 Å². The van der Waals surface area contributed by atoms with Gasteiger partial charge in [0.1, 0.15) is 10.3 Å². The monoisotopic (exact) mass is 214 g/mol. The Kier molecular flexibility index (Phi) is 3.12. The predicted octanol–water partition coefficient (Wildman–Crippen LogP) is 2.82. The Morgan fingerprint density at radius 2 is 2.31 bits per heavy atom. The molecule has 0 aromatic heterocycles. The highest BCUT2D eigenvalue weighted by Crippen LogP contribution is 2.34. The van der Waals surface area contributed by atoms with Gasteiger partial charge in [0.05, 0.1) is 9.95 Å². The third kappa shape index (κ3) is 2.11. The summed E-state index contributed by atoms with van der Waals surface area (Å²) in [7, 11) is 0. The van der Waals surface area contributed by atoms with Crippen LogP contribution in [0.15, 0.2) is 23.1 Å². The molecule has 0 N–H and O–H groups in total. The maximum atomic E-state index is 10.5. The molecule has 13 heavy (non-hydrogen) atoms. The van der Waals surface area contributed by atoms with E-state index in [1.54, 1.807) is 5.40 Å². The minimum absolute atomic E-state index is 0.140. The number of nitro groups is 1. The van der Waals surface area contributed by atoms with Gasteiger partial charge in [0, 0.05) is 6.07 Å². The normalized spacial score (nSPS) is 9.23. The van der Waals surface area contributed by atoms with Crippen molar-refractivity contribution in [1.29, 1.82) is 5.26 Å². The number of halogens is 1. The van der Waals surface area contributed by atoms with E-state index in [1.165, 1.54) is 18.2 Å². The summed E-state index contributed by atoms with van der Waals surface area (Å²) in [6, 6.07) is 4.29. The first-order valence-corrected chi connectivity index (χ1v) is 4.35. The summed E-state index contributed by atoms with van der Waals surface area (Å²) in [5.41, 5.74) is -0.140. The molecule has 4 nitrogen and oxygen atoms in total. The topological polar surface area (TPSA) is 66.9 Å². The van der Waals surface area contributed by atoms with E-state index < -0.39 is 4.92 Å². The molecule has 0 saturated heterocycles. The minimum Gasteiger partial charge on any atom is -0.258 e. The van der Waals surface area contributed by atoms with Crippen molar-refractivity contribution in [2.24, 2.45) is 0 Å². The fourth-order valence-electron chi connectivity index (χ4n) is 0.788. The molecular formula is C7H3ClN2O2S. The summed E-state index contributed by atoms with van der Waals surface area (Å²) < 4.78 is 0. The van der Waals surface area contributed by atoms with Crippen molar-refractivity contribution in [2.75, 3.05) is 0 Å². The molecule has 0 heterocycles. The van der Waals surface area contributed by atoms with Gasteiger partial charge < -0.3 is 0 Å². The molecule has 1 aromatic carbocycles. The van der Waals surface area contributed by atoms with Crippen LogP contribution in [0.2, 0.25) is 5.02 Å². The molecule has 0 radical (unpaired) electrons. The van der Waals surface area contributed by atoms with Crippen LogP contribution in [0, 0.1) is 20.8 Å². The van der Waals surface area contributed by atoms with Crippen LogP contribution in [0.4, 0.5) is 5.69 Å². The van der Waals surface area contributed by atoms with Crippen molar-refractivity contribution in [3.63, 3.8) is 0 Å². The summed E-state index contributed by atoms with van der Waals surface area (Å²) in [6.45, 7) is 0. The minimum atomic E-state index is -0.564. The zero-order valence-corrected chi connectivity index (χ0v) is 7.80. The fourth-order valence-corrected chi connectivity index (χ4v) is 1.58. The van der Waals surface area contributed by atoms with E-state index in [9.17, 15) is 10.1 Å². The molecule has 0 amide bonds. The largest absolute Gasteiger partial charge is 0.285 e. The Morgan fingerprint density at radius 1 is 1.62 bits per heavy atom. The number of hydrogen-bond acceptors (Lipinski definition) is 4. The van der Waals surface area contributed by atoms with E-state index in [0.717, 1.165) is 0 Å². The molecule has 1 aromatic rings. The van der Waals surface area contributed by atoms with Gasteiger partial charge in [-0.25, -0.2) is 0 Å². The van der Waals surface area contributed by atoms with Gasteiger partial charge in [-0.15, -0.1) is 0 Å². The lowest BCUT2D eigenvalue weighted by Gasteiger charge is -1.98. The quantitative estimate of drug-likeness (QED) is 0.329. The third-order valence-corrected chi connectivity index (χ3v) is 2.44. The number of nitriles is 1. The first-order valence-electron chi connectivity index (χ1n) is 3.15. The molecule has 1 rings (SSSR count). The van der Waals surface area contributed by atoms with Gasteiger partial charge in [0.15, 0.2) is 0 Å². The summed E-state index contributed by atoms with van der Waals surface area (Å²) >= 11 is 6.36. The molecule has 66 valence electrons. The van der Waals surface area contributed by atoms with Gasteiger partial charge in [-0.2, -0.15) is 5.26 Å². The Hall–Kier alpha value is -1.25. The number of hydrogen-bond donors (Lipinski definition) is 0. The second kappa shape index (κ2) is 4.12. The molecule has 0 aliphatic carbocycles. The van der Waals surface area contributed by atoms with E-state index in [-0.39, 0.29) is 15.6 Å². The van der Waals surface area contributed by atoms with Crippen LogP contribution < -0.4 is 0 Å². The van der Waals surface area contributed by atoms with Crippen LogP contribution in [0.3, 0.4) is 0 Å². The summed E-state index contributed by atoms with van der Waals surface area (Å²) in [5.74, 6) is 0. The average molecular weight is 215 g/mol. The van der Waals surface area contributed by atoms with Gasteiger partial charge in [0.2, 0.25) is 0 Å². The average Bonchev–Trinajstić information content (AvgIpc) is 2.08. The van der Waals surface area contributed by atoms with Gasteiger partial charge in [-0.05, 0) is 17.8 Å². The van der Waals surface area contributed by atoms with E-state index in [0.29, 0.717) is 11.8 Å². The maximum Gasteiger partial charge on any atom is 0.285 e. The van der Waals surface area contributed by atoms with Gasteiger partial charge in [-0.1, -0.05) is 17.7 Å². The zero-order valence-electron chi connectivity index (χ0n) is 6.23. The summed E-state index contributed by atoms with van der Waals surface area (Å²) in [4.78, 5) is 10.1. The number of rotatable bonds is 2. The van der Waals surface area contributed by atoms with Gasteiger partial charge >= 0.3 is 0 Å². The second-order valence-corrected chi connectivity index (χ2v) is 3.24. The predicted molar refractivity (Wildman–Crippen MR) is 49.6 cm³/mol. The Morgan fingerprint density at radius 3 is 2.85 bits per heavy atom. The highest BCUT2D eigenvalue weighted by molar-refractivity contribution is 8.04. The number of benzene rings is 1. The molecule has 0 unspecified atom stereocenters. The van der Waals surface area contributed by atoms with Crippen molar-refractivity contribution in [3.8, 4) is 5.40 Å². The van der Waals surface area contributed by atoms with Crippen molar-refractivity contribution >= 4 is 29.1 Å². The maximum absolute atomic E-state index is 10.5. The van der Waals surface area contributed by atoms with Crippen LogP contribution in [-0.2, 0) is 0 Å². The lowest BCUT2D eigenvalue weighted by atomic mass is 10.3. The van der Waals surface area contributed by atoms with Crippen LogP contribution in [-0.4, -0.2) is 4.92 Å². The number of thioether (sulfide) groups is 1. The number of thiocyanates is 1. The van der Waals surface area contributed by atoms with E-state index in [1.807, 2.05) is 0 Å². The molecule has 0 bridgehead atoms. The molecule has 0 saturated carbocycles. The molecule has 0 fully saturated rings. The first-order chi connectivity index (χ1) is 6.16. The third-order valence-electron chi connectivity index (χ3n) is 1.29. The molecule has 0 aliphatic heterocycles. The van der Waals surface area contributed by atoms with E-state index in [4.69, 9.17) is 16.9 Å². The van der Waals surface area contributed by atoms with Crippen LogP contribution in [0.25, 0.3) is 0 Å². The van der Waals surface area contributed by atoms with Crippen molar-refractivity contribution in [2.45, 2.75) is 4.90 Å². The summed E-state index contributed by atoms with van der Waals surface area (Å²) in [5, 5.41) is 20.8. The Bertz CT molecular complexity index is 389. The first kappa shape index (κ1) is 9.84. The fraction of sp³-hybridized carbons (Fsp3) is 0. The molecule has 0 aliphatic rings. The molecular weight excluding hydrogens is 212 g/mol. The lowest BCUT2D eigenvalue weighted by molar-refractivity contribution is -0.387. The van der Waals surface area contributed by atoms with Crippen molar-refractivity contribution < 1.29 is 4.92 Å². The highest BCUT2D eigenvalue weighted by atomic mass is 35.5. The summed E-state index contributed by atoms with van der Waals surface area (Å²) in [6.07, 6.45) is 0. The SMILES string of the molecule is N#CSc1c(Cl)cccc1[N+](=O)[O-]. The Balaban J connectivity index is 3.27. The molecule has 0 spiro atoms. The highest BCUT2D eigenvalue weighted by Gasteiger charge is 2.16. The standard InChI is InChI=1S/C7H3ClN2O2S/c8-5-2-1-3-6(10(11)12)7(5)13-4-9/h1-3H. The molecule has 6 heteroatoms. The van der Waals surface area contributed by atoms with Crippen molar-refractivity contribution in [1.82, 2.24) is 0 Å². The van der Waals surface area contributed by atoms with Crippen LogP contribution >= 0.6 is 23.4 Å². The molecule has 0 atom stereocenters. The van der Waals surface area contributed by atoms with Gasteiger partial charge in [-0.3, -0.25) is 10.1 Å². The van der Waals surface area contributed by atoms with Gasteiger partial charge in [0.25, 0.3) is 5.69 Å². The second-order valence-electron chi connectivity index (χ2n) is 2.04. The van der Waals surface area contributed by atoms with E-state index >= 15 is 0 Å². The number of nitrogens with zero attached hydrogens (tertiary/aromatic N) is 2. The lowest BCUT2D eigenvalue weighted by Crippen LogP contribution is -1.90. The van der Waals surface area contributed by atoms with E-state index in [2.05, 4.69) is 0 Å². The smallest absolute Gasteiger partial charge is 0.258 e. The number of nitro benzene ring substituents is 1. The Labute approximate surface area is 83.3 Å². The van der Waals surface area contributed by atoms with Crippen LogP contribution in [0.1, 0.15) is 0 Å².